The van der Waals surface area contributed by atoms with Gasteiger partial charge in [0.2, 0.25) is 0 Å². The Morgan fingerprint density at radius 1 is 1.16 bits per heavy atom. The van der Waals surface area contributed by atoms with E-state index in [2.05, 4.69) is 10.3 Å². The molecule has 0 radical (unpaired) electrons. The molecule has 1 N–H and O–H groups in total. The average Bonchev–Trinajstić information content (AvgIpc) is 2.85. The monoisotopic (exact) mass is 357 g/mol. The lowest BCUT2D eigenvalue weighted by Gasteiger charge is -2.12. The Morgan fingerprint density at radius 2 is 1.92 bits per heavy atom. The maximum atomic E-state index is 12.4. The van der Waals surface area contributed by atoms with Crippen molar-refractivity contribution >= 4 is 35.1 Å². The summed E-state index contributed by atoms with van der Waals surface area (Å²) in [6, 6.07) is 7.69. The third kappa shape index (κ3) is 3.39. The number of unbranched alkanes of at least 4 members (excludes halogenated alkanes) is 1. The van der Waals surface area contributed by atoms with Crippen LogP contribution in [-0.4, -0.2) is 34.2 Å². The molecule has 7 heteroatoms. The van der Waals surface area contributed by atoms with Crippen molar-refractivity contribution in [3.63, 3.8) is 0 Å². The van der Waals surface area contributed by atoms with Crippen molar-refractivity contribution in [3.05, 3.63) is 58.2 Å². The molecule has 1 aliphatic heterocycles. The van der Waals surface area contributed by atoms with Crippen LogP contribution in [0.2, 0.25) is 5.02 Å². The van der Waals surface area contributed by atoms with Crippen molar-refractivity contribution in [1.29, 1.82) is 0 Å². The first-order valence-electron chi connectivity index (χ1n) is 7.94. The number of nitrogens with one attached hydrogen (secondary N) is 1. The topological polar surface area (TPSA) is 79.4 Å². The Bertz CT molecular complexity index is 849. The molecule has 0 saturated carbocycles. The Hall–Kier alpha value is -2.73. The summed E-state index contributed by atoms with van der Waals surface area (Å²) in [5.74, 6) is -0.723. The Labute approximate surface area is 149 Å². The van der Waals surface area contributed by atoms with Crippen LogP contribution in [0.25, 0.3) is 0 Å². The van der Waals surface area contributed by atoms with Crippen LogP contribution in [0.4, 0.5) is 5.82 Å². The number of pyridine rings is 1. The summed E-state index contributed by atoms with van der Waals surface area (Å²) in [4.78, 5) is 42.3. The zero-order valence-electron chi connectivity index (χ0n) is 13.6. The highest BCUT2D eigenvalue weighted by Gasteiger charge is 2.35. The van der Waals surface area contributed by atoms with Gasteiger partial charge in [-0.2, -0.15) is 0 Å². The third-order valence-corrected chi connectivity index (χ3v) is 4.16. The molecule has 0 fully saturated rings. The predicted molar refractivity (Wildman–Crippen MR) is 93.9 cm³/mol. The van der Waals surface area contributed by atoms with Gasteiger partial charge in [0.15, 0.2) is 0 Å². The number of halogens is 1. The van der Waals surface area contributed by atoms with Crippen LogP contribution < -0.4 is 5.32 Å². The van der Waals surface area contributed by atoms with Crippen LogP contribution in [0, 0.1) is 0 Å². The summed E-state index contributed by atoms with van der Waals surface area (Å²) in [5.41, 5.74) is 0.883. The molecule has 2 aromatic rings. The molecule has 0 bridgehead atoms. The minimum Gasteiger partial charge on any atom is -0.307 e. The number of imide groups is 1. The lowest BCUT2D eigenvalue weighted by Crippen LogP contribution is -2.30. The van der Waals surface area contributed by atoms with E-state index in [1.807, 2.05) is 6.92 Å². The van der Waals surface area contributed by atoms with E-state index in [1.165, 1.54) is 29.3 Å². The van der Waals surface area contributed by atoms with E-state index < -0.39 is 5.91 Å². The molecule has 25 heavy (non-hydrogen) atoms. The molecule has 6 nitrogen and oxygen atoms in total. The lowest BCUT2D eigenvalue weighted by molar-refractivity contribution is 0.0652. The van der Waals surface area contributed by atoms with Crippen molar-refractivity contribution in [1.82, 2.24) is 9.88 Å². The molecule has 0 atom stereocenters. The molecule has 3 rings (SSSR count). The van der Waals surface area contributed by atoms with Crippen molar-refractivity contribution in [3.8, 4) is 0 Å². The van der Waals surface area contributed by atoms with Crippen LogP contribution in [0.1, 0.15) is 50.8 Å². The number of hydrogen-bond acceptors (Lipinski definition) is 4. The number of aromatic nitrogens is 1. The molecule has 0 unspecified atom stereocenters. The SMILES string of the molecule is CCCCN1C(=O)c2ccc(C(=O)Nc3ccc(Cl)cn3)cc2C1=O. The number of benzene rings is 1. The van der Waals surface area contributed by atoms with Gasteiger partial charge in [-0.25, -0.2) is 4.98 Å². The molecule has 0 spiro atoms. The highest BCUT2D eigenvalue weighted by molar-refractivity contribution is 6.30. The van der Waals surface area contributed by atoms with E-state index >= 15 is 0 Å². The standard InChI is InChI=1S/C18H16ClN3O3/c1-2-3-8-22-17(24)13-6-4-11(9-14(13)18(22)25)16(23)21-15-7-5-12(19)10-20-15/h4-7,9-10H,2-3,8H2,1H3,(H,20,21,23). The largest absolute Gasteiger partial charge is 0.307 e. The van der Waals surface area contributed by atoms with Crippen LogP contribution in [0.3, 0.4) is 0 Å². The van der Waals surface area contributed by atoms with Crippen LogP contribution in [0.5, 0.6) is 0 Å². The number of carbonyl (C=O) groups excluding carboxylic acids is 3. The molecule has 0 aliphatic carbocycles. The average molecular weight is 358 g/mol. The second kappa shape index (κ2) is 7.03. The summed E-state index contributed by atoms with van der Waals surface area (Å²) in [6.07, 6.45) is 3.06. The van der Waals surface area contributed by atoms with Gasteiger partial charge in [0.25, 0.3) is 17.7 Å². The normalized spacial score (nSPS) is 13.1. The van der Waals surface area contributed by atoms with Crippen molar-refractivity contribution < 1.29 is 14.4 Å². The van der Waals surface area contributed by atoms with E-state index in [9.17, 15) is 14.4 Å². The van der Waals surface area contributed by atoms with E-state index in [1.54, 1.807) is 12.1 Å². The molecule has 1 aliphatic rings. The quantitative estimate of drug-likeness (QED) is 0.832. The van der Waals surface area contributed by atoms with Gasteiger partial charge in [0, 0.05) is 18.3 Å². The summed E-state index contributed by atoms with van der Waals surface area (Å²) >= 11 is 5.76. The van der Waals surface area contributed by atoms with E-state index in [-0.39, 0.29) is 22.9 Å². The minimum atomic E-state index is -0.412. The highest BCUT2D eigenvalue weighted by atomic mass is 35.5. The fourth-order valence-corrected chi connectivity index (χ4v) is 2.70. The second-order valence-corrected chi connectivity index (χ2v) is 6.13. The smallest absolute Gasteiger partial charge is 0.261 e. The predicted octanol–water partition coefficient (Wildman–Crippen LogP) is 3.38. The number of anilines is 1. The van der Waals surface area contributed by atoms with Crippen molar-refractivity contribution in [2.75, 3.05) is 11.9 Å². The van der Waals surface area contributed by atoms with Gasteiger partial charge >= 0.3 is 0 Å². The van der Waals surface area contributed by atoms with Crippen molar-refractivity contribution in [2.45, 2.75) is 19.8 Å². The van der Waals surface area contributed by atoms with Gasteiger partial charge in [-0.15, -0.1) is 0 Å². The van der Waals surface area contributed by atoms with Gasteiger partial charge in [0.1, 0.15) is 5.82 Å². The number of amides is 3. The van der Waals surface area contributed by atoms with Crippen LogP contribution in [-0.2, 0) is 0 Å². The number of rotatable bonds is 5. The Kier molecular flexibility index (Phi) is 4.81. The number of nitrogens with zero attached hydrogens (tertiary/aromatic N) is 2. The van der Waals surface area contributed by atoms with Gasteiger partial charge in [0.05, 0.1) is 16.1 Å². The van der Waals surface area contributed by atoms with Crippen LogP contribution in [0.15, 0.2) is 36.5 Å². The zero-order valence-corrected chi connectivity index (χ0v) is 14.3. The summed E-state index contributed by atoms with van der Waals surface area (Å²) in [5, 5.41) is 3.09. The van der Waals surface area contributed by atoms with E-state index in [0.717, 1.165) is 12.8 Å². The van der Waals surface area contributed by atoms with E-state index in [4.69, 9.17) is 11.6 Å². The first-order chi connectivity index (χ1) is 12.0. The van der Waals surface area contributed by atoms with Crippen molar-refractivity contribution in [2.24, 2.45) is 0 Å². The Morgan fingerprint density at radius 3 is 2.60 bits per heavy atom. The Balaban J connectivity index is 1.81. The molecule has 128 valence electrons. The highest BCUT2D eigenvalue weighted by Crippen LogP contribution is 2.24. The molecule has 1 aromatic carbocycles. The molecular formula is C18H16ClN3O3. The first-order valence-corrected chi connectivity index (χ1v) is 8.32. The second-order valence-electron chi connectivity index (χ2n) is 5.69. The zero-order chi connectivity index (χ0) is 18.0. The third-order valence-electron chi connectivity index (χ3n) is 3.94. The fourth-order valence-electron chi connectivity index (χ4n) is 2.59. The maximum absolute atomic E-state index is 12.4. The molecule has 1 aromatic heterocycles. The lowest BCUT2D eigenvalue weighted by atomic mass is 10.1. The summed E-state index contributed by atoms with van der Waals surface area (Å²) < 4.78 is 0. The van der Waals surface area contributed by atoms with Gasteiger partial charge in [-0.3, -0.25) is 19.3 Å². The summed E-state index contributed by atoms with van der Waals surface area (Å²) in [6.45, 7) is 2.38. The fraction of sp³-hybridized carbons (Fsp3) is 0.222. The van der Waals surface area contributed by atoms with Gasteiger partial charge in [-0.05, 0) is 36.8 Å². The molecule has 3 amide bonds. The van der Waals surface area contributed by atoms with E-state index in [0.29, 0.717) is 22.9 Å². The van der Waals surface area contributed by atoms with Gasteiger partial charge in [-0.1, -0.05) is 24.9 Å². The van der Waals surface area contributed by atoms with Crippen LogP contribution >= 0.6 is 11.6 Å². The van der Waals surface area contributed by atoms with Gasteiger partial charge < -0.3 is 5.32 Å². The first kappa shape index (κ1) is 17.1. The number of hydrogen-bond donors (Lipinski definition) is 1. The number of fused-ring (bicyclic) bond motifs is 1. The molecule has 2 heterocycles. The maximum Gasteiger partial charge on any atom is 0.261 e. The molecular weight excluding hydrogens is 342 g/mol. The minimum absolute atomic E-state index is 0.262. The molecule has 0 saturated heterocycles. The summed E-state index contributed by atoms with van der Waals surface area (Å²) in [7, 11) is 0. The number of carbonyl (C=O) groups is 3.